The van der Waals surface area contributed by atoms with Gasteiger partial charge in [0.2, 0.25) is 0 Å². The van der Waals surface area contributed by atoms with Crippen molar-refractivity contribution in [1.29, 1.82) is 0 Å². The van der Waals surface area contributed by atoms with Crippen LogP contribution in [0.15, 0.2) is 0 Å². The average Bonchev–Trinajstić information content (AvgIpc) is 2.79. The van der Waals surface area contributed by atoms with Gasteiger partial charge < -0.3 is 8.85 Å². The van der Waals surface area contributed by atoms with Crippen LogP contribution < -0.4 is 0 Å². The first-order valence-corrected chi connectivity index (χ1v) is 17.3. The summed E-state index contributed by atoms with van der Waals surface area (Å²) in [6.07, 6.45) is 29.5. The standard InChI is InChI=1S/C29H62O2Si/c1-5-9-11-13-15-16-17-18-19-20-21-23-25-27-29-32(30-7-3,31-8-4)28-26-24-22-14-12-10-6-2/h5-29H2,1-4H3. The smallest absolute Gasteiger partial charge is 0.338 e. The minimum Gasteiger partial charge on any atom is -0.394 e. The maximum atomic E-state index is 6.35. The summed E-state index contributed by atoms with van der Waals surface area (Å²) in [5.41, 5.74) is 0. The molecule has 0 aromatic rings. The highest BCUT2D eigenvalue weighted by molar-refractivity contribution is 6.67. The van der Waals surface area contributed by atoms with Crippen LogP contribution in [0.2, 0.25) is 12.1 Å². The van der Waals surface area contributed by atoms with Gasteiger partial charge in [-0.2, -0.15) is 0 Å². The number of unbranched alkanes of at least 4 members (excludes halogenated alkanes) is 19. The van der Waals surface area contributed by atoms with Gasteiger partial charge in [0, 0.05) is 13.2 Å². The van der Waals surface area contributed by atoms with Crippen LogP contribution in [0.1, 0.15) is 163 Å². The summed E-state index contributed by atoms with van der Waals surface area (Å²) in [4.78, 5) is 0. The Morgan fingerprint density at radius 1 is 0.344 bits per heavy atom. The normalized spacial score (nSPS) is 12.0. The average molecular weight is 471 g/mol. The van der Waals surface area contributed by atoms with Crippen molar-refractivity contribution in [3.05, 3.63) is 0 Å². The molecular formula is C29H62O2Si. The van der Waals surface area contributed by atoms with Gasteiger partial charge >= 0.3 is 8.56 Å². The minimum absolute atomic E-state index is 0.821. The lowest BCUT2D eigenvalue weighted by atomic mass is 10.0. The fourth-order valence-electron chi connectivity index (χ4n) is 4.92. The van der Waals surface area contributed by atoms with Crippen molar-refractivity contribution in [3.63, 3.8) is 0 Å². The predicted molar refractivity (Wildman–Crippen MR) is 147 cm³/mol. The highest BCUT2D eigenvalue weighted by Crippen LogP contribution is 2.26. The molecule has 0 radical (unpaired) electrons. The quantitative estimate of drug-likeness (QED) is 0.0877. The molecular weight excluding hydrogens is 408 g/mol. The summed E-state index contributed by atoms with van der Waals surface area (Å²) < 4.78 is 12.7. The Morgan fingerprint density at radius 2 is 0.594 bits per heavy atom. The molecule has 0 amide bonds. The Kier molecular flexibility index (Phi) is 25.9. The first-order chi connectivity index (χ1) is 15.7. The SMILES string of the molecule is CCCCCCCCCCCCCCCC[Si](CCCCCCCCC)(OCC)OCC. The van der Waals surface area contributed by atoms with E-state index in [0.29, 0.717) is 0 Å². The molecule has 0 spiro atoms. The minimum atomic E-state index is -1.97. The van der Waals surface area contributed by atoms with Crippen molar-refractivity contribution in [2.75, 3.05) is 13.2 Å². The van der Waals surface area contributed by atoms with Crippen molar-refractivity contribution in [2.24, 2.45) is 0 Å². The van der Waals surface area contributed by atoms with Crippen LogP contribution in [-0.4, -0.2) is 21.8 Å². The van der Waals surface area contributed by atoms with E-state index in [-0.39, 0.29) is 0 Å². The molecule has 0 unspecified atom stereocenters. The van der Waals surface area contributed by atoms with Crippen molar-refractivity contribution < 1.29 is 8.85 Å². The Labute approximate surface area is 205 Å². The van der Waals surface area contributed by atoms with E-state index in [2.05, 4.69) is 27.7 Å². The second-order valence-corrected chi connectivity index (χ2v) is 13.4. The van der Waals surface area contributed by atoms with E-state index in [1.54, 1.807) is 0 Å². The molecule has 0 rings (SSSR count). The van der Waals surface area contributed by atoms with Crippen LogP contribution in [0.5, 0.6) is 0 Å². The zero-order valence-electron chi connectivity index (χ0n) is 23.0. The van der Waals surface area contributed by atoms with Crippen LogP contribution in [-0.2, 0) is 8.85 Å². The zero-order chi connectivity index (χ0) is 23.6. The second kappa shape index (κ2) is 25.8. The van der Waals surface area contributed by atoms with Gasteiger partial charge in [0.15, 0.2) is 0 Å². The van der Waals surface area contributed by atoms with Crippen LogP contribution in [0, 0.1) is 0 Å². The lowest BCUT2D eigenvalue weighted by Crippen LogP contribution is -2.42. The van der Waals surface area contributed by atoms with E-state index in [1.165, 1.54) is 147 Å². The Morgan fingerprint density at radius 3 is 0.844 bits per heavy atom. The van der Waals surface area contributed by atoms with Gasteiger partial charge in [-0.05, 0) is 25.9 Å². The second-order valence-electron chi connectivity index (χ2n) is 9.99. The highest BCUT2D eigenvalue weighted by Gasteiger charge is 2.35. The van der Waals surface area contributed by atoms with Gasteiger partial charge in [-0.15, -0.1) is 0 Å². The highest BCUT2D eigenvalue weighted by atomic mass is 28.4. The van der Waals surface area contributed by atoms with Gasteiger partial charge in [0.1, 0.15) is 0 Å². The molecule has 0 saturated heterocycles. The lowest BCUT2D eigenvalue weighted by Gasteiger charge is -2.30. The van der Waals surface area contributed by atoms with Crippen LogP contribution in [0.3, 0.4) is 0 Å². The Bertz CT molecular complexity index is 342. The molecule has 0 aromatic heterocycles. The maximum absolute atomic E-state index is 6.35. The third kappa shape index (κ3) is 20.7. The molecule has 0 aliphatic rings. The molecule has 2 nitrogen and oxygen atoms in total. The molecule has 0 aliphatic carbocycles. The van der Waals surface area contributed by atoms with Gasteiger partial charge in [-0.3, -0.25) is 0 Å². The van der Waals surface area contributed by atoms with E-state index in [9.17, 15) is 0 Å². The number of hydrogen-bond donors (Lipinski definition) is 0. The largest absolute Gasteiger partial charge is 0.394 e. The van der Waals surface area contributed by atoms with E-state index in [1.807, 2.05) is 0 Å². The van der Waals surface area contributed by atoms with Crippen molar-refractivity contribution >= 4 is 8.56 Å². The molecule has 0 bridgehead atoms. The summed E-state index contributed by atoms with van der Waals surface area (Å²) >= 11 is 0. The zero-order valence-corrected chi connectivity index (χ0v) is 24.0. The number of rotatable bonds is 27. The molecule has 32 heavy (non-hydrogen) atoms. The molecule has 0 N–H and O–H groups in total. The molecule has 194 valence electrons. The third-order valence-electron chi connectivity index (χ3n) is 6.89. The monoisotopic (exact) mass is 470 g/mol. The number of hydrogen-bond acceptors (Lipinski definition) is 2. The summed E-state index contributed by atoms with van der Waals surface area (Å²) in [5.74, 6) is 0. The fourth-order valence-corrected chi connectivity index (χ4v) is 8.46. The maximum Gasteiger partial charge on any atom is 0.338 e. The van der Waals surface area contributed by atoms with Crippen LogP contribution in [0.4, 0.5) is 0 Å². The van der Waals surface area contributed by atoms with Crippen LogP contribution in [0.25, 0.3) is 0 Å². The van der Waals surface area contributed by atoms with Crippen molar-refractivity contribution in [3.8, 4) is 0 Å². The Hall–Kier alpha value is 0.137. The third-order valence-corrected chi connectivity index (χ3v) is 10.7. The molecule has 3 heteroatoms. The molecule has 0 atom stereocenters. The molecule has 0 heterocycles. The van der Waals surface area contributed by atoms with Crippen LogP contribution >= 0.6 is 0 Å². The van der Waals surface area contributed by atoms with Gasteiger partial charge in [-0.1, -0.05) is 149 Å². The molecule has 0 aromatic carbocycles. The molecule has 0 saturated carbocycles. The molecule has 0 aliphatic heterocycles. The van der Waals surface area contributed by atoms with Gasteiger partial charge in [-0.25, -0.2) is 0 Å². The summed E-state index contributed by atoms with van der Waals surface area (Å²) in [6, 6.07) is 2.42. The topological polar surface area (TPSA) is 18.5 Å². The first-order valence-electron chi connectivity index (χ1n) is 15.0. The Balaban J connectivity index is 3.81. The predicted octanol–water partition coefficient (Wildman–Crippen LogP) is 10.7. The first kappa shape index (κ1) is 32.1. The summed E-state index contributed by atoms with van der Waals surface area (Å²) in [5, 5.41) is 0. The summed E-state index contributed by atoms with van der Waals surface area (Å²) in [6.45, 7) is 10.5. The van der Waals surface area contributed by atoms with Gasteiger partial charge in [0.25, 0.3) is 0 Å². The van der Waals surface area contributed by atoms with E-state index >= 15 is 0 Å². The fraction of sp³-hybridized carbons (Fsp3) is 1.00. The molecule has 0 fully saturated rings. The van der Waals surface area contributed by atoms with E-state index < -0.39 is 8.56 Å². The van der Waals surface area contributed by atoms with Crippen molar-refractivity contribution in [1.82, 2.24) is 0 Å². The lowest BCUT2D eigenvalue weighted by molar-refractivity contribution is 0.180. The summed E-state index contributed by atoms with van der Waals surface area (Å²) in [7, 11) is -1.97. The van der Waals surface area contributed by atoms with E-state index in [4.69, 9.17) is 8.85 Å². The van der Waals surface area contributed by atoms with E-state index in [0.717, 1.165) is 13.2 Å². The van der Waals surface area contributed by atoms with Crippen molar-refractivity contribution in [2.45, 2.75) is 175 Å². The van der Waals surface area contributed by atoms with Gasteiger partial charge in [0.05, 0.1) is 0 Å².